The summed E-state index contributed by atoms with van der Waals surface area (Å²) in [5, 5.41) is 7.20. The first-order valence-corrected chi connectivity index (χ1v) is 9.69. The molecule has 162 valence electrons. The van der Waals surface area contributed by atoms with Gasteiger partial charge in [0.1, 0.15) is 5.56 Å². The summed E-state index contributed by atoms with van der Waals surface area (Å²) >= 11 is 0. The van der Waals surface area contributed by atoms with E-state index in [9.17, 15) is 14.4 Å². The van der Waals surface area contributed by atoms with Crippen molar-refractivity contribution in [3.8, 4) is 11.3 Å². The summed E-state index contributed by atoms with van der Waals surface area (Å²) < 4.78 is 5.97. The number of carbonyl (C=O) groups excluding carboxylic acids is 2. The van der Waals surface area contributed by atoms with Gasteiger partial charge in [-0.15, -0.1) is 12.4 Å². The number of nitrogens with two attached hydrogens (primary N) is 1. The number of nitrogens with zero attached hydrogens (tertiary/aromatic N) is 2. The van der Waals surface area contributed by atoms with E-state index in [4.69, 9.17) is 10.5 Å². The molecule has 9 heteroatoms. The minimum Gasteiger partial charge on any atom is -0.469 e. The Hall–Kier alpha value is -2.71. The predicted octanol–water partition coefficient (Wildman–Crippen LogP) is 1.79. The Morgan fingerprint density at radius 1 is 1.20 bits per heavy atom. The number of methoxy groups -OCH3 is 1. The Balaban J connectivity index is 0.00000320. The molecule has 0 bridgehead atoms. The fraction of sp³-hybridized carbons (Fsp3) is 0.429. The van der Waals surface area contributed by atoms with E-state index < -0.39 is 11.5 Å². The second-order valence-corrected chi connectivity index (χ2v) is 7.32. The number of amides is 1. The molecule has 1 amide bonds. The molecule has 3 rings (SSSR count). The van der Waals surface area contributed by atoms with Gasteiger partial charge in [-0.25, -0.2) is 4.68 Å². The summed E-state index contributed by atoms with van der Waals surface area (Å²) in [7, 11) is 2.91. The number of aromatic nitrogens is 2. The molecule has 1 heterocycles. The van der Waals surface area contributed by atoms with Crippen LogP contribution in [0.4, 0.5) is 0 Å². The summed E-state index contributed by atoms with van der Waals surface area (Å²) in [5.41, 5.74) is 7.55. The molecule has 1 saturated carbocycles. The van der Waals surface area contributed by atoms with Crippen LogP contribution in [-0.2, 0) is 23.1 Å². The van der Waals surface area contributed by atoms with Crippen molar-refractivity contribution in [1.29, 1.82) is 0 Å². The average molecular weight is 435 g/mol. The molecule has 0 spiro atoms. The maximum Gasteiger partial charge on any atom is 0.308 e. The highest BCUT2D eigenvalue weighted by Crippen LogP contribution is 2.25. The Labute approximate surface area is 181 Å². The van der Waals surface area contributed by atoms with Crippen LogP contribution in [0.3, 0.4) is 0 Å². The van der Waals surface area contributed by atoms with Crippen molar-refractivity contribution in [2.45, 2.75) is 38.3 Å². The van der Waals surface area contributed by atoms with Gasteiger partial charge in [-0.2, -0.15) is 5.10 Å². The molecule has 30 heavy (non-hydrogen) atoms. The fourth-order valence-corrected chi connectivity index (χ4v) is 3.63. The van der Waals surface area contributed by atoms with Gasteiger partial charge in [0, 0.05) is 25.2 Å². The molecular weight excluding hydrogens is 408 g/mol. The highest BCUT2D eigenvalue weighted by Gasteiger charge is 2.28. The molecule has 0 radical (unpaired) electrons. The molecule has 8 nitrogen and oxygen atoms in total. The zero-order chi connectivity index (χ0) is 21.0. The van der Waals surface area contributed by atoms with Gasteiger partial charge in [-0.05, 0) is 37.3 Å². The Morgan fingerprint density at radius 2 is 1.83 bits per heavy atom. The normalized spacial score (nSPS) is 18.2. The summed E-state index contributed by atoms with van der Waals surface area (Å²) in [6, 6.07) is 8.96. The summed E-state index contributed by atoms with van der Waals surface area (Å²) in [6.45, 7) is 0.437. The van der Waals surface area contributed by atoms with E-state index in [1.807, 2.05) is 24.3 Å². The number of nitrogens with one attached hydrogen (secondary N) is 1. The zero-order valence-electron chi connectivity index (χ0n) is 17.1. The van der Waals surface area contributed by atoms with E-state index >= 15 is 0 Å². The summed E-state index contributed by atoms with van der Waals surface area (Å²) in [4.78, 5) is 36.9. The standard InChI is InChI=1S/C21H26N4O4.ClH/c1-25-20(27)17(11-18(24-25)14-5-3-13(12-22)4-6-14)19(26)23-16-9-7-15(8-10-16)21(28)29-2;/h3-6,11,15-16H,7-10,12,22H2,1-2H3,(H,23,26);1H. The highest BCUT2D eigenvalue weighted by molar-refractivity contribution is 5.95. The van der Waals surface area contributed by atoms with Crippen LogP contribution in [0.5, 0.6) is 0 Å². The van der Waals surface area contributed by atoms with E-state index in [-0.39, 0.29) is 35.9 Å². The summed E-state index contributed by atoms with van der Waals surface area (Å²) in [6.07, 6.45) is 2.66. The van der Waals surface area contributed by atoms with Gasteiger partial charge in [0.2, 0.25) is 0 Å². The molecule has 1 fully saturated rings. The Morgan fingerprint density at radius 3 is 2.40 bits per heavy atom. The molecule has 3 N–H and O–H groups in total. The topological polar surface area (TPSA) is 116 Å². The third kappa shape index (κ3) is 5.25. The third-order valence-corrected chi connectivity index (χ3v) is 5.39. The van der Waals surface area contributed by atoms with Crippen LogP contribution in [0, 0.1) is 5.92 Å². The molecule has 0 unspecified atom stereocenters. The molecule has 0 aliphatic heterocycles. The SMILES string of the molecule is COC(=O)C1CCC(NC(=O)c2cc(-c3ccc(CN)cc3)nn(C)c2=O)CC1.Cl. The van der Waals surface area contributed by atoms with Crippen LogP contribution < -0.4 is 16.6 Å². The second-order valence-electron chi connectivity index (χ2n) is 7.32. The van der Waals surface area contributed by atoms with E-state index in [1.165, 1.54) is 24.9 Å². The first-order valence-electron chi connectivity index (χ1n) is 9.69. The quantitative estimate of drug-likeness (QED) is 0.693. The van der Waals surface area contributed by atoms with Crippen LogP contribution in [-0.4, -0.2) is 34.8 Å². The zero-order valence-corrected chi connectivity index (χ0v) is 17.9. The molecule has 2 aromatic rings. The van der Waals surface area contributed by atoms with Gasteiger partial charge in [-0.3, -0.25) is 14.4 Å². The number of rotatable bonds is 5. The van der Waals surface area contributed by atoms with E-state index in [2.05, 4.69) is 10.4 Å². The largest absolute Gasteiger partial charge is 0.469 e. The minimum atomic E-state index is -0.451. The van der Waals surface area contributed by atoms with Crippen LogP contribution >= 0.6 is 12.4 Å². The van der Waals surface area contributed by atoms with Crippen molar-refractivity contribution < 1.29 is 14.3 Å². The lowest BCUT2D eigenvalue weighted by molar-refractivity contribution is -0.146. The molecule has 0 atom stereocenters. The number of benzene rings is 1. The second kappa shape index (κ2) is 10.4. The van der Waals surface area contributed by atoms with E-state index in [0.29, 0.717) is 37.9 Å². The number of ether oxygens (including phenoxy) is 1. The lowest BCUT2D eigenvalue weighted by Gasteiger charge is -2.27. The van der Waals surface area contributed by atoms with Crippen molar-refractivity contribution in [2.75, 3.05) is 7.11 Å². The van der Waals surface area contributed by atoms with Crippen molar-refractivity contribution in [3.05, 3.63) is 51.8 Å². The Bertz CT molecular complexity index is 950. The lowest BCUT2D eigenvalue weighted by Crippen LogP contribution is -2.41. The van der Waals surface area contributed by atoms with Crippen molar-refractivity contribution in [1.82, 2.24) is 15.1 Å². The van der Waals surface area contributed by atoms with Crippen LogP contribution in [0.25, 0.3) is 11.3 Å². The van der Waals surface area contributed by atoms with Crippen molar-refractivity contribution in [3.63, 3.8) is 0 Å². The smallest absolute Gasteiger partial charge is 0.308 e. The number of aryl methyl sites for hydroxylation is 1. The first-order chi connectivity index (χ1) is 13.9. The number of carbonyl (C=O) groups is 2. The predicted molar refractivity (Wildman–Crippen MR) is 115 cm³/mol. The molecule has 1 aliphatic carbocycles. The highest BCUT2D eigenvalue weighted by atomic mass is 35.5. The van der Waals surface area contributed by atoms with Gasteiger partial charge < -0.3 is 15.8 Å². The molecule has 1 aliphatic rings. The van der Waals surface area contributed by atoms with Gasteiger partial charge in [-0.1, -0.05) is 24.3 Å². The Kier molecular flexibility index (Phi) is 8.14. The van der Waals surface area contributed by atoms with Crippen LogP contribution in [0.15, 0.2) is 35.1 Å². The van der Waals surface area contributed by atoms with Gasteiger partial charge >= 0.3 is 5.97 Å². The number of esters is 1. The van der Waals surface area contributed by atoms with E-state index in [1.54, 1.807) is 0 Å². The van der Waals surface area contributed by atoms with Gasteiger partial charge in [0.15, 0.2) is 0 Å². The molecule has 1 aromatic heterocycles. The molecule has 1 aromatic carbocycles. The maximum absolute atomic E-state index is 12.8. The van der Waals surface area contributed by atoms with Crippen LogP contribution in [0.1, 0.15) is 41.6 Å². The number of hydrogen-bond donors (Lipinski definition) is 2. The maximum atomic E-state index is 12.8. The third-order valence-electron chi connectivity index (χ3n) is 5.39. The monoisotopic (exact) mass is 434 g/mol. The van der Waals surface area contributed by atoms with Crippen molar-refractivity contribution in [2.24, 2.45) is 18.7 Å². The molecular formula is C21H27ClN4O4. The minimum absolute atomic E-state index is 0. The number of hydrogen-bond acceptors (Lipinski definition) is 6. The molecule has 0 saturated heterocycles. The van der Waals surface area contributed by atoms with Crippen molar-refractivity contribution >= 4 is 24.3 Å². The van der Waals surface area contributed by atoms with E-state index in [0.717, 1.165) is 11.1 Å². The lowest BCUT2D eigenvalue weighted by atomic mass is 9.86. The first kappa shape index (κ1) is 23.6. The van der Waals surface area contributed by atoms with Gasteiger partial charge in [0.25, 0.3) is 11.5 Å². The fourth-order valence-electron chi connectivity index (χ4n) is 3.63. The average Bonchev–Trinajstić information content (AvgIpc) is 2.75. The summed E-state index contributed by atoms with van der Waals surface area (Å²) in [5.74, 6) is -0.748. The van der Waals surface area contributed by atoms with Gasteiger partial charge in [0.05, 0.1) is 18.7 Å². The van der Waals surface area contributed by atoms with Crippen LogP contribution in [0.2, 0.25) is 0 Å². The number of halogens is 1.